The molecule has 12 heteroatoms. The van der Waals surface area contributed by atoms with Gasteiger partial charge in [-0.25, -0.2) is 8.42 Å². The highest BCUT2D eigenvalue weighted by Crippen LogP contribution is 2.50. The maximum atomic E-state index is 13.2. The summed E-state index contributed by atoms with van der Waals surface area (Å²) in [6.45, 7) is 6.27. The van der Waals surface area contributed by atoms with E-state index in [-0.39, 0.29) is 5.75 Å². The van der Waals surface area contributed by atoms with Crippen molar-refractivity contribution in [2.24, 2.45) is 0 Å². The number of piperazine rings is 1. The van der Waals surface area contributed by atoms with Crippen LogP contribution in [0.3, 0.4) is 0 Å². The number of nitrogens with zero attached hydrogens (tertiary/aromatic N) is 2. The van der Waals surface area contributed by atoms with Crippen molar-refractivity contribution in [3.63, 3.8) is 0 Å². The third-order valence-corrected chi connectivity index (χ3v) is 8.65. The van der Waals surface area contributed by atoms with Crippen LogP contribution in [-0.4, -0.2) is 67.0 Å². The van der Waals surface area contributed by atoms with Gasteiger partial charge in [-0.2, -0.15) is 30.6 Å². The number of sulfonamides is 1. The quantitative estimate of drug-likeness (QED) is 0.464. The first-order valence-corrected chi connectivity index (χ1v) is 13.5. The Morgan fingerprint density at radius 1 is 0.865 bits per heavy atom. The number of aliphatic hydroxyl groups is 1. The Morgan fingerprint density at radius 3 is 1.92 bits per heavy atom. The summed E-state index contributed by atoms with van der Waals surface area (Å²) in [6.07, 6.45) is -10.7. The number of hydrogen-bond acceptors (Lipinski definition) is 4. The second-order valence-corrected chi connectivity index (χ2v) is 11.2. The van der Waals surface area contributed by atoms with Crippen LogP contribution in [0.1, 0.15) is 37.0 Å². The summed E-state index contributed by atoms with van der Waals surface area (Å²) >= 11 is 0. The second kappa shape index (κ2) is 10.9. The molecule has 2 aromatic rings. The van der Waals surface area contributed by atoms with E-state index in [1.807, 2.05) is 26.0 Å². The molecule has 0 unspecified atom stereocenters. The first kappa shape index (κ1) is 29.4. The van der Waals surface area contributed by atoms with Crippen LogP contribution in [-0.2, 0) is 28.6 Å². The zero-order valence-electron chi connectivity index (χ0n) is 20.5. The molecule has 0 amide bonds. The van der Waals surface area contributed by atoms with Crippen LogP contribution in [0.25, 0.3) is 11.1 Å². The Kier molecular flexibility index (Phi) is 8.67. The summed E-state index contributed by atoms with van der Waals surface area (Å²) in [5.74, 6) is 0.126. The first-order valence-electron chi connectivity index (χ1n) is 11.9. The lowest BCUT2D eigenvalue weighted by Crippen LogP contribution is -2.53. The van der Waals surface area contributed by atoms with Gasteiger partial charge >= 0.3 is 12.4 Å². The first-order chi connectivity index (χ1) is 17.1. The Morgan fingerprint density at radius 2 is 1.43 bits per heavy atom. The van der Waals surface area contributed by atoms with Gasteiger partial charge in [0.25, 0.3) is 5.60 Å². The number of alkyl halides is 6. The molecule has 37 heavy (non-hydrogen) atoms. The third-order valence-electron chi connectivity index (χ3n) is 6.58. The number of aryl methyl sites for hydroxylation is 1. The van der Waals surface area contributed by atoms with E-state index in [0.717, 1.165) is 23.3 Å². The van der Waals surface area contributed by atoms with Crippen molar-refractivity contribution < 1.29 is 39.9 Å². The standard InChI is InChI=1S/C25H30F6N2O3S/c1-3-15-37(35,36)33-13-11-32(12-14-33)17-18-5-10-22(19(4-2)16-18)20-6-8-21(9-7-20)23(34,24(26,27)28)25(29,30)31/h5-10,16,34H,3-4,11-15,17H2,1-2H3. The molecule has 3 rings (SSSR count). The maximum Gasteiger partial charge on any atom is 0.430 e. The average molecular weight is 553 g/mol. The van der Waals surface area contributed by atoms with E-state index in [4.69, 9.17) is 0 Å². The summed E-state index contributed by atoms with van der Waals surface area (Å²) in [4.78, 5) is 2.14. The van der Waals surface area contributed by atoms with E-state index < -0.39 is 33.5 Å². The molecule has 0 radical (unpaired) electrons. The zero-order valence-corrected chi connectivity index (χ0v) is 21.3. The smallest absolute Gasteiger partial charge is 0.369 e. The van der Waals surface area contributed by atoms with E-state index in [0.29, 0.717) is 68.8 Å². The topological polar surface area (TPSA) is 60.9 Å². The van der Waals surface area contributed by atoms with E-state index >= 15 is 0 Å². The summed E-state index contributed by atoms with van der Waals surface area (Å²) in [5, 5.41) is 9.61. The summed E-state index contributed by atoms with van der Waals surface area (Å²) < 4.78 is 105. The normalized spacial score (nSPS) is 16.8. The molecule has 1 heterocycles. The van der Waals surface area contributed by atoms with Gasteiger partial charge < -0.3 is 5.11 Å². The molecule has 0 saturated carbocycles. The second-order valence-electron chi connectivity index (χ2n) is 9.12. The summed E-state index contributed by atoms with van der Waals surface area (Å²) in [6, 6.07) is 9.12. The van der Waals surface area contributed by atoms with E-state index in [2.05, 4.69) is 4.90 Å². The minimum absolute atomic E-state index is 0.126. The highest BCUT2D eigenvalue weighted by atomic mass is 32.2. The van der Waals surface area contributed by atoms with Gasteiger partial charge in [0.1, 0.15) is 0 Å². The van der Waals surface area contributed by atoms with Crippen molar-refractivity contribution >= 4 is 10.0 Å². The van der Waals surface area contributed by atoms with E-state index in [1.165, 1.54) is 4.31 Å². The van der Waals surface area contributed by atoms with Crippen molar-refractivity contribution in [2.45, 2.75) is 51.2 Å². The van der Waals surface area contributed by atoms with Gasteiger partial charge in [-0.1, -0.05) is 56.3 Å². The number of hydrogen-bond donors (Lipinski definition) is 1. The molecule has 0 bridgehead atoms. The van der Waals surface area contributed by atoms with Crippen molar-refractivity contribution in [3.8, 4) is 11.1 Å². The Balaban J connectivity index is 1.77. The fourth-order valence-corrected chi connectivity index (χ4v) is 6.00. The van der Waals surface area contributed by atoms with Gasteiger partial charge in [0, 0.05) is 38.3 Å². The van der Waals surface area contributed by atoms with E-state index in [1.54, 1.807) is 6.07 Å². The number of benzene rings is 2. The number of rotatable bonds is 8. The predicted octanol–water partition coefficient (Wildman–Crippen LogP) is 5.09. The predicted molar refractivity (Wildman–Crippen MR) is 128 cm³/mol. The molecule has 2 aromatic carbocycles. The van der Waals surface area contributed by atoms with Crippen LogP contribution >= 0.6 is 0 Å². The third kappa shape index (κ3) is 6.13. The van der Waals surface area contributed by atoms with Crippen molar-refractivity contribution in [3.05, 3.63) is 59.2 Å². The zero-order chi connectivity index (χ0) is 27.6. The van der Waals surface area contributed by atoms with Crippen LogP contribution in [0.4, 0.5) is 26.3 Å². The van der Waals surface area contributed by atoms with Crippen molar-refractivity contribution in [1.82, 2.24) is 9.21 Å². The minimum atomic E-state index is -5.94. The highest BCUT2D eigenvalue weighted by Gasteiger charge is 2.71. The van der Waals surface area contributed by atoms with Gasteiger partial charge in [-0.05, 0) is 35.1 Å². The Hall–Kier alpha value is -2.15. The molecule has 1 aliphatic rings. The molecule has 206 valence electrons. The van der Waals surface area contributed by atoms with Crippen LogP contribution in [0.5, 0.6) is 0 Å². The molecule has 5 nitrogen and oxygen atoms in total. The fourth-order valence-electron chi connectivity index (χ4n) is 4.51. The summed E-state index contributed by atoms with van der Waals surface area (Å²) in [5.41, 5.74) is -3.35. The molecule has 1 saturated heterocycles. The Labute approximate surface area is 212 Å². The number of halogens is 6. The molecule has 1 N–H and O–H groups in total. The van der Waals surface area contributed by atoms with Gasteiger partial charge in [-0.3, -0.25) is 4.90 Å². The molecule has 1 fully saturated rings. The van der Waals surface area contributed by atoms with Crippen molar-refractivity contribution in [1.29, 1.82) is 0 Å². The van der Waals surface area contributed by atoms with E-state index in [9.17, 15) is 39.9 Å². The molecule has 0 aromatic heterocycles. The van der Waals surface area contributed by atoms with Crippen LogP contribution in [0.15, 0.2) is 42.5 Å². The van der Waals surface area contributed by atoms with Gasteiger partial charge in [0.15, 0.2) is 0 Å². The van der Waals surface area contributed by atoms with Crippen LogP contribution in [0, 0.1) is 0 Å². The van der Waals surface area contributed by atoms with Gasteiger partial charge in [0.2, 0.25) is 10.0 Å². The van der Waals surface area contributed by atoms with Crippen LogP contribution < -0.4 is 0 Å². The lowest BCUT2D eigenvalue weighted by Gasteiger charge is -2.34. The van der Waals surface area contributed by atoms with Gasteiger partial charge in [-0.15, -0.1) is 0 Å². The monoisotopic (exact) mass is 552 g/mol. The Bertz CT molecular complexity index is 1160. The lowest BCUT2D eigenvalue weighted by molar-refractivity contribution is -0.376. The van der Waals surface area contributed by atoms with Crippen molar-refractivity contribution in [2.75, 3.05) is 31.9 Å². The van der Waals surface area contributed by atoms with Gasteiger partial charge in [0.05, 0.1) is 5.75 Å². The minimum Gasteiger partial charge on any atom is -0.369 e. The van der Waals surface area contributed by atoms with Crippen LogP contribution in [0.2, 0.25) is 0 Å². The maximum absolute atomic E-state index is 13.2. The average Bonchev–Trinajstić information content (AvgIpc) is 2.82. The molecular formula is C25H30F6N2O3S. The SMILES string of the molecule is CCCS(=O)(=O)N1CCN(Cc2ccc(-c3ccc(C(O)(C(F)(F)F)C(F)(F)F)cc3)c(CC)c2)CC1. The molecule has 0 aliphatic carbocycles. The highest BCUT2D eigenvalue weighted by molar-refractivity contribution is 7.89. The molecule has 0 spiro atoms. The summed E-state index contributed by atoms with van der Waals surface area (Å²) in [7, 11) is -3.24. The molecular weight excluding hydrogens is 522 g/mol. The molecule has 0 atom stereocenters. The molecule has 1 aliphatic heterocycles. The largest absolute Gasteiger partial charge is 0.430 e. The fraction of sp³-hybridized carbons (Fsp3) is 0.520. The lowest BCUT2D eigenvalue weighted by atomic mass is 9.89.